The first-order chi connectivity index (χ1) is 9.43. The molecule has 0 aromatic carbocycles. The SMILES string of the molecule is Cc1nn(C)c(C)c1C(=O)N1CCCCCC1C(=O)O. The van der Waals surface area contributed by atoms with Gasteiger partial charge in [0, 0.05) is 19.3 Å². The molecule has 0 aliphatic carbocycles. The smallest absolute Gasteiger partial charge is 0.326 e. The molecule has 1 aliphatic heterocycles. The van der Waals surface area contributed by atoms with Gasteiger partial charge in [-0.1, -0.05) is 12.8 Å². The van der Waals surface area contributed by atoms with Crippen molar-refractivity contribution >= 4 is 11.9 Å². The van der Waals surface area contributed by atoms with E-state index in [-0.39, 0.29) is 5.91 Å². The number of carboxylic acid groups (broad SMARTS) is 1. The van der Waals surface area contributed by atoms with Gasteiger partial charge in [-0.2, -0.15) is 5.10 Å². The van der Waals surface area contributed by atoms with Crippen LogP contribution in [0.2, 0.25) is 0 Å². The highest BCUT2D eigenvalue weighted by molar-refractivity contribution is 5.98. The first kappa shape index (κ1) is 14.6. The van der Waals surface area contributed by atoms with Gasteiger partial charge in [-0.3, -0.25) is 9.48 Å². The summed E-state index contributed by atoms with van der Waals surface area (Å²) >= 11 is 0. The Hall–Kier alpha value is -1.85. The van der Waals surface area contributed by atoms with E-state index in [9.17, 15) is 14.7 Å². The summed E-state index contributed by atoms with van der Waals surface area (Å²) in [6.07, 6.45) is 3.21. The van der Waals surface area contributed by atoms with Gasteiger partial charge in [0.2, 0.25) is 0 Å². The minimum absolute atomic E-state index is 0.206. The predicted molar refractivity (Wildman–Crippen MR) is 73.6 cm³/mol. The Morgan fingerprint density at radius 2 is 1.95 bits per heavy atom. The fourth-order valence-electron chi connectivity index (χ4n) is 2.83. The lowest BCUT2D eigenvalue weighted by molar-refractivity contribution is -0.142. The van der Waals surface area contributed by atoms with Crippen molar-refractivity contribution in [2.75, 3.05) is 6.54 Å². The summed E-state index contributed by atoms with van der Waals surface area (Å²) in [5, 5.41) is 13.6. The minimum Gasteiger partial charge on any atom is -0.480 e. The summed E-state index contributed by atoms with van der Waals surface area (Å²) in [6, 6.07) is -0.719. The number of hydrogen-bond acceptors (Lipinski definition) is 3. The third-order valence-corrected chi connectivity index (χ3v) is 4.02. The molecule has 1 amide bonds. The molecule has 0 radical (unpaired) electrons. The highest BCUT2D eigenvalue weighted by atomic mass is 16.4. The van der Waals surface area contributed by atoms with E-state index in [0.29, 0.717) is 24.2 Å². The Labute approximate surface area is 118 Å². The highest BCUT2D eigenvalue weighted by Gasteiger charge is 2.33. The maximum atomic E-state index is 12.7. The Morgan fingerprint density at radius 3 is 2.50 bits per heavy atom. The van der Waals surface area contributed by atoms with Crippen molar-refractivity contribution in [3.8, 4) is 0 Å². The molecule has 1 N–H and O–H groups in total. The van der Waals surface area contributed by atoms with Gasteiger partial charge < -0.3 is 10.0 Å². The molecule has 0 saturated carbocycles. The number of aliphatic carboxylic acids is 1. The maximum absolute atomic E-state index is 12.7. The first-order valence-electron chi connectivity index (χ1n) is 6.97. The average Bonchev–Trinajstić information content (AvgIpc) is 2.60. The first-order valence-corrected chi connectivity index (χ1v) is 6.97. The third-order valence-electron chi connectivity index (χ3n) is 4.02. The number of aromatic nitrogens is 2. The van der Waals surface area contributed by atoms with E-state index in [2.05, 4.69) is 5.10 Å². The summed E-state index contributed by atoms with van der Waals surface area (Å²) in [7, 11) is 1.79. The van der Waals surface area contributed by atoms with E-state index in [4.69, 9.17) is 0 Å². The van der Waals surface area contributed by atoms with Crippen LogP contribution in [-0.2, 0) is 11.8 Å². The van der Waals surface area contributed by atoms with Gasteiger partial charge in [-0.05, 0) is 26.7 Å². The van der Waals surface area contributed by atoms with Crippen LogP contribution in [0, 0.1) is 13.8 Å². The molecule has 6 nitrogen and oxygen atoms in total. The highest BCUT2D eigenvalue weighted by Crippen LogP contribution is 2.22. The van der Waals surface area contributed by atoms with E-state index < -0.39 is 12.0 Å². The Kier molecular flexibility index (Phi) is 4.11. The second-order valence-corrected chi connectivity index (χ2v) is 5.37. The van der Waals surface area contributed by atoms with E-state index in [1.54, 1.807) is 18.7 Å². The van der Waals surface area contributed by atoms with Crippen molar-refractivity contribution in [1.82, 2.24) is 14.7 Å². The summed E-state index contributed by atoms with van der Waals surface area (Å²) in [5.41, 5.74) is 1.98. The van der Waals surface area contributed by atoms with Crippen molar-refractivity contribution in [3.05, 3.63) is 17.0 Å². The lowest BCUT2D eigenvalue weighted by atomic mass is 10.1. The van der Waals surface area contributed by atoms with Gasteiger partial charge in [0.1, 0.15) is 6.04 Å². The summed E-state index contributed by atoms with van der Waals surface area (Å²) in [5.74, 6) is -1.12. The zero-order valence-corrected chi connectivity index (χ0v) is 12.2. The van der Waals surface area contributed by atoms with Crippen molar-refractivity contribution in [2.45, 2.75) is 45.6 Å². The molecule has 1 aromatic heterocycles. The predicted octanol–water partition coefficient (Wildman–Crippen LogP) is 1.51. The lowest BCUT2D eigenvalue weighted by Crippen LogP contribution is -2.45. The van der Waals surface area contributed by atoms with E-state index in [0.717, 1.165) is 25.0 Å². The molecule has 1 saturated heterocycles. The molecule has 110 valence electrons. The van der Waals surface area contributed by atoms with Crippen molar-refractivity contribution < 1.29 is 14.7 Å². The zero-order chi connectivity index (χ0) is 14.9. The second kappa shape index (κ2) is 5.64. The van der Waals surface area contributed by atoms with Gasteiger partial charge >= 0.3 is 5.97 Å². The monoisotopic (exact) mass is 279 g/mol. The molecule has 1 fully saturated rings. The third kappa shape index (κ3) is 2.55. The van der Waals surface area contributed by atoms with Gasteiger partial charge in [0.15, 0.2) is 0 Å². The number of amides is 1. The molecule has 2 heterocycles. The topological polar surface area (TPSA) is 75.4 Å². The lowest BCUT2D eigenvalue weighted by Gasteiger charge is -2.27. The zero-order valence-electron chi connectivity index (χ0n) is 12.2. The van der Waals surface area contributed by atoms with Crippen LogP contribution in [0.15, 0.2) is 0 Å². The van der Waals surface area contributed by atoms with Crippen LogP contribution >= 0.6 is 0 Å². The molecular weight excluding hydrogens is 258 g/mol. The Bertz CT molecular complexity index is 536. The molecule has 20 heavy (non-hydrogen) atoms. The number of carbonyl (C=O) groups excluding carboxylic acids is 1. The number of carboxylic acids is 1. The van der Waals surface area contributed by atoms with E-state index in [1.165, 1.54) is 4.90 Å². The molecular formula is C14H21N3O3. The fraction of sp³-hybridized carbons (Fsp3) is 0.643. The number of likely N-dealkylation sites (tertiary alicyclic amines) is 1. The molecule has 0 bridgehead atoms. The van der Waals surface area contributed by atoms with Crippen LogP contribution in [0.1, 0.15) is 47.4 Å². The fourth-order valence-corrected chi connectivity index (χ4v) is 2.83. The van der Waals surface area contributed by atoms with Gasteiger partial charge in [-0.15, -0.1) is 0 Å². The van der Waals surface area contributed by atoms with Crippen LogP contribution in [0.5, 0.6) is 0 Å². The van der Waals surface area contributed by atoms with Crippen LogP contribution in [0.3, 0.4) is 0 Å². The number of nitrogens with zero attached hydrogens (tertiary/aromatic N) is 3. The van der Waals surface area contributed by atoms with Crippen LogP contribution in [-0.4, -0.2) is 44.3 Å². The van der Waals surface area contributed by atoms with Crippen molar-refractivity contribution in [1.29, 1.82) is 0 Å². The van der Waals surface area contributed by atoms with Crippen LogP contribution < -0.4 is 0 Å². The molecule has 2 rings (SSSR count). The summed E-state index contributed by atoms with van der Waals surface area (Å²) in [6.45, 7) is 4.12. The minimum atomic E-state index is -0.917. The van der Waals surface area contributed by atoms with Crippen molar-refractivity contribution in [3.63, 3.8) is 0 Å². The van der Waals surface area contributed by atoms with Crippen LogP contribution in [0.25, 0.3) is 0 Å². The summed E-state index contributed by atoms with van der Waals surface area (Å²) in [4.78, 5) is 25.7. The van der Waals surface area contributed by atoms with E-state index >= 15 is 0 Å². The summed E-state index contributed by atoms with van der Waals surface area (Å²) < 4.78 is 1.66. The molecule has 1 aromatic rings. The second-order valence-electron chi connectivity index (χ2n) is 5.37. The maximum Gasteiger partial charge on any atom is 0.326 e. The number of hydrogen-bond donors (Lipinski definition) is 1. The normalized spacial score (nSPS) is 19.8. The van der Waals surface area contributed by atoms with Gasteiger partial charge in [0.05, 0.1) is 11.3 Å². The molecule has 1 unspecified atom stereocenters. The van der Waals surface area contributed by atoms with Crippen molar-refractivity contribution in [2.24, 2.45) is 7.05 Å². The molecule has 0 spiro atoms. The number of rotatable bonds is 2. The standard InChI is InChI=1S/C14H21N3O3/c1-9-12(10(2)16(3)15-9)13(18)17-8-6-4-5-7-11(17)14(19)20/h11H,4-8H2,1-3H3,(H,19,20). The molecule has 6 heteroatoms. The van der Waals surface area contributed by atoms with Gasteiger partial charge in [-0.25, -0.2) is 4.79 Å². The average molecular weight is 279 g/mol. The molecule has 1 atom stereocenters. The Morgan fingerprint density at radius 1 is 1.25 bits per heavy atom. The van der Waals surface area contributed by atoms with E-state index in [1.807, 2.05) is 6.92 Å². The van der Waals surface area contributed by atoms with Gasteiger partial charge in [0.25, 0.3) is 5.91 Å². The molecule has 1 aliphatic rings. The number of carbonyl (C=O) groups is 2. The number of aryl methyl sites for hydroxylation is 2. The quantitative estimate of drug-likeness (QED) is 0.890. The Balaban J connectivity index is 2.36. The van der Waals surface area contributed by atoms with Crippen LogP contribution in [0.4, 0.5) is 0 Å². The largest absolute Gasteiger partial charge is 0.480 e.